The standard InChI is InChI=1S/C29H32F3NO9S/c1-3-39-24(34)27(25(35)40-4-2)13-15-28(16-14-27)23-11-10-22(42-43(37,38)29(30,31)32)18-21(23)12-17-33(28)26(36)41-19-20-8-6-5-7-9-20/h5-11,18H,3-4,12-17,19H2,1-2H3. The van der Waals surface area contributed by atoms with Crippen molar-refractivity contribution in [3.05, 3.63) is 65.2 Å². The number of carbonyl (C=O) groups is 3. The first-order valence-corrected chi connectivity index (χ1v) is 15.2. The molecule has 0 saturated heterocycles. The Morgan fingerprint density at radius 1 is 0.884 bits per heavy atom. The van der Waals surface area contributed by atoms with Crippen molar-refractivity contribution in [2.24, 2.45) is 5.41 Å². The number of benzene rings is 2. The molecule has 0 atom stereocenters. The van der Waals surface area contributed by atoms with Crippen molar-refractivity contribution >= 4 is 28.1 Å². The van der Waals surface area contributed by atoms with Gasteiger partial charge in [-0.2, -0.15) is 21.6 Å². The average Bonchev–Trinajstić information content (AvgIpc) is 2.96. The summed E-state index contributed by atoms with van der Waals surface area (Å²) < 4.78 is 82.5. The Labute approximate surface area is 247 Å². The molecule has 1 aliphatic heterocycles. The number of rotatable bonds is 8. The summed E-state index contributed by atoms with van der Waals surface area (Å²) in [4.78, 5) is 41.2. The van der Waals surface area contributed by atoms with Gasteiger partial charge in [-0.25, -0.2) is 4.79 Å². The Hall–Kier alpha value is -3.81. The van der Waals surface area contributed by atoms with Crippen molar-refractivity contribution in [3.8, 4) is 5.75 Å². The van der Waals surface area contributed by atoms with Crippen LogP contribution in [-0.2, 0) is 52.5 Å². The Morgan fingerprint density at radius 3 is 2.05 bits per heavy atom. The normalized spacial score (nSPS) is 17.5. The van der Waals surface area contributed by atoms with Gasteiger partial charge >= 0.3 is 33.7 Å². The van der Waals surface area contributed by atoms with Crippen LogP contribution in [0.25, 0.3) is 0 Å². The van der Waals surface area contributed by atoms with Gasteiger partial charge in [-0.15, -0.1) is 0 Å². The molecule has 0 aromatic heterocycles. The molecule has 1 aliphatic carbocycles. The highest BCUT2D eigenvalue weighted by Gasteiger charge is 2.58. The fourth-order valence-electron chi connectivity index (χ4n) is 5.77. The van der Waals surface area contributed by atoms with Gasteiger partial charge in [0.2, 0.25) is 0 Å². The second kappa shape index (κ2) is 12.4. The average molecular weight is 628 g/mol. The third-order valence-corrected chi connectivity index (χ3v) is 8.86. The maximum absolute atomic E-state index is 13.5. The van der Waals surface area contributed by atoms with Crippen LogP contribution in [0.4, 0.5) is 18.0 Å². The van der Waals surface area contributed by atoms with E-state index in [1.165, 1.54) is 17.0 Å². The summed E-state index contributed by atoms with van der Waals surface area (Å²) in [7, 11) is -5.90. The molecule has 0 radical (unpaired) electrons. The number of amides is 1. The van der Waals surface area contributed by atoms with Crippen molar-refractivity contribution in [1.82, 2.24) is 4.90 Å². The summed E-state index contributed by atoms with van der Waals surface area (Å²) in [6.07, 6.45) is -0.435. The van der Waals surface area contributed by atoms with E-state index in [2.05, 4.69) is 4.18 Å². The first-order valence-electron chi connectivity index (χ1n) is 13.8. The zero-order valence-corrected chi connectivity index (χ0v) is 24.5. The number of hydrogen-bond donors (Lipinski definition) is 0. The molecular formula is C29H32F3NO9S. The number of fused-ring (bicyclic) bond motifs is 2. The molecule has 234 valence electrons. The molecule has 14 heteroatoms. The van der Waals surface area contributed by atoms with Crippen LogP contribution in [0.15, 0.2) is 48.5 Å². The third kappa shape index (κ3) is 6.29. The molecule has 0 N–H and O–H groups in total. The van der Waals surface area contributed by atoms with Gasteiger partial charge in [0.1, 0.15) is 12.4 Å². The number of carbonyl (C=O) groups excluding carboxylic acids is 3. The minimum atomic E-state index is -5.90. The van der Waals surface area contributed by atoms with E-state index in [1.807, 2.05) is 6.07 Å². The van der Waals surface area contributed by atoms with Crippen molar-refractivity contribution in [1.29, 1.82) is 0 Å². The molecule has 43 heavy (non-hydrogen) atoms. The number of alkyl halides is 3. The number of hydrogen-bond acceptors (Lipinski definition) is 9. The van der Waals surface area contributed by atoms with E-state index in [-0.39, 0.29) is 58.5 Å². The van der Waals surface area contributed by atoms with Crippen LogP contribution in [0.3, 0.4) is 0 Å². The monoisotopic (exact) mass is 627 g/mol. The van der Waals surface area contributed by atoms with E-state index in [4.69, 9.17) is 14.2 Å². The molecule has 1 saturated carbocycles. The van der Waals surface area contributed by atoms with Gasteiger partial charge in [0.25, 0.3) is 0 Å². The van der Waals surface area contributed by atoms with Crippen LogP contribution in [0, 0.1) is 5.41 Å². The lowest BCUT2D eigenvalue weighted by atomic mass is 9.62. The molecule has 0 unspecified atom stereocenters. The Balaban J connectivity index is 1.71. The van der Waals surface area contributed by atoms with Crippen LogP contribution in [0.2, 0.25) is 0 Å². The van der Waals surface area contributed by atoms with E-state index in [0.717, 1.165) is 11.6 Å². The Bertz CT molecular complexity index is 1430. The smallest absolute Gasteiger partial charge is 0.465 e. The largest absolute Gasteiger partial charge is 0.534 e. The highest BCUT2D eigenvalue weighted by Crippen LogP contribution is 2.53. The number of esters is 2. The molecule has 2 aromatic rings. The molecule has 2 aromatic carbocycles. The Kier molecular flexibility index (Phi) is 9.28. The lowest BCUT2D eigenvalue weighted by Gasteiger charge is -2.52. The van der Waals surface area contributed by atoms with Gasteiger partial charge in [0.15, 0.2) is 5.41 Å². The summed E-state index contributed by atoms with van der Waals surface area (Å²) in [5, 5.41) is 0. The van der Waals surface area contributed by atoms with Crippen molar-refractivity contribution in [2.75, 3.05) is 19.8 Å². The van der Waals surface area contributed by atoms with Crippen molar-refractivity contribution in [2.45, 2.75) is 63.6 Å². The molecule has 4 rings (SSSR count). The third-order valence-electron chi connectivity index (χ3n) is 7.88. The highest BCUT2D eigenvalue weighted by molar-refractivity contribution is 7.88. The first kappa shape index (κ1) is 32.1. The van der Waals surface area contributed by atoms with Gasteiger partial charge in [-0.3, -0.25) is 14.5 Å². The molecular weight excluding hydrogens is 595 g/mol. The lowest BCUT2D eigenvalue weighted by Crippen LogP contribution is -2.58. The van der Waals surface area contributed by atoms with E-state index < -0.39 is 50.4 Å². The minimum absolute atomic E-state index is 0.0171. The summed E-state index contributed by atoms with van der Waals surface area (Å²) >= 11 is 0. The Morgan fingerprint density at radius 2 is 1.49 bits per heavy atom. The maximum Gasteiger partial charge on any atom is 0.534 e. The molecule has 2 aliphatic rings. The molecule has 1 spiro atoms. The molecule has 10 nitrogen and oxygen atoms in total. The van der Waals surface area contributed by atoms with Crippen LogP contribution in [-0.4, -0.2) is 56.6 Å². The predicted octanol–water partition coefficient (Wildman–Crippen LogP) is 4.99. The highest BCUT2D eigenvalue weighted by atomic mass is 32.2. The second-order valence-corrected chi connectivity index (χ2v) is 11.8. The fourth-order valence-corrected chi connectivity index (χ4v) is 6.22. The maximum atomic E-state index is 13.5. The van der Waals surface area contributed by atoms with Gasteiger partial charge in [-0.1, -0.05) is 36.4 Å². The van der Waals surface area contributed by atoms with Crippen LogP contribution < -0.4 is 4.18 Å². The van der Waals surface area contributed by atoms with Gasteiger partial charge in [0, 0.05) is 6.54 Å². The summed E-state index contributed by atoms with van der Waals surface area (Å²) in [5.41, 5.74) is -6.63. The van der Waals surface area contributed by atoms with Crippen LogP contribution in [0.1, 0.15) is 56.2 Å². The molecule has 1 amide bonds. The van der Waals surface area contributed by atoms with Gasteiger partial charge < -0.3 is 18.4 Å². The van der Waals surface area contributed by atoms with E-state index in [0.29, 0.717) is 11.1 Å². The molecule has 0 bridgehead atoms. The fraction of sp³-hybridized carbons (Fsp3) is 0.483. The van der Waals surface area contributed by atoms with Crippen LogP contribution >= 0.6 is 0 Å². The van der Waals surface area contributed by atoms with E-state index >= 15 is 0 Å². The first-order chi connectivity index (χ1) is 20.3. The topological polar surface area (TPSA) is 126 Å². The summed E-state index contributed by atoms with van der Waals surface area (Å²) in [6, 6.07) is 12.7. The summed E-state index contributed by atoms with van der Waals surface area (Å²) in [5.74, 6) is -2.01. The number of ether oxygens (including phenoxy) is 3. The quantitative estimate of drug-likeness (QED) is 0.131. The van der Waals surface area contributed by atoms with Crippen LogP contribution in [0.5, 0.6) is 5.75 Å². The SMILES string of the molecule is CCOC(=O)C1(C(=O)OCC)CCC2(CC1)c1ccc(OS(=O)(=O)C(F)(F)F)cc1CCN2C(=O)OCc1ccccc1. The number of halogens is 3. The lowest BCUT2D eigenvalue weighted by molar-refractivity contribution is -0.177. The van der Waals surface area contributed by atoms with E-state index in [9.17, 15) is 36.0 Å². The second-order valence-electron chi connectivity index (χ2n) is 10.3. The minimum Gasteiger partial charge on any atom is -0.465 e. The predicted molar refractivity (Wildman–Crippen MR) is 145 cm³/mol. The molecule has 1 fully saturated rings. The van der Waals surface area contributed by atoms with Gasteiger partial charge in [-0.05, 0) is 74.8 Å². The molecule has 1 heterocycles. The zero-order chi connectivity index (χ0) is 31.5. The van der Waals surface area contributed by atoms with Crippen molar-refractivity contribution < 1.29 is 54.4 Å². The zero-order valence-electron chi connectivity index (χ0n) is 23.6. The van der Waals surface area contributed by atoms with Crippen molar-refractivity contribution in [3.63, 3.8) is 0 Å². The summed E-state index contributed by atoms with van der Waals surface area (Å²) in [6.45, 7) is 3.35. The number of nitrogens with zero attached hydrogens (tertiary/aromatic N) is 1. The van der Waals surface area contributed by atoms with Gasteiger partial charge in [0.05, 0.1) is 18.8 Å². The van der Waals surface area contributed by atoms with E-state index in [1.54, 1.807) is 38.1 Å².